The Morgan fingerprint density at radius 2 is 2.11 bits per heavy atom. The molecule has 1 aromatic heterocycles. The molecule has 0 fully saturated rings. The largest absolute Gasteiger partial charge is 0.389 e. The first-order valence-electron chi connectivity index (χ1n) is 6.01. The molecule has 5 heteroatoms. The lowest BCUT2D eigenvalue weighted by atomic mass is 10.2. The third-order valence-electron chi connectivity index (χ3n) is 2.29. The number of hydrogen-bond donors (Lipinski definition) is 1. The summed E-state index contributed by atoms with van der Waals surface area (Å²) in [6, 6.07) is 3.91. The fourth-order valence-electron chi connectivity index (χ4n) is 1.53. The van der Waals surface area contributed by atoms with Crippen LogP contribution in [-0.4, -0.2) is 41.9 Å². The Hall–Kier alpha value is -0.130. The fraction of sp³-hybridized carbons (Fsp3) is 0.692. The summed E-state index contributed by atoms with van der Waals surface area (Å²) in [5.41, 5.74) is -0.208. The maximum Gasteiger partial charge on any atom is 0.0931 e. The lowest BCUT2D eigenvalue weighted by Crippen LogP contribution is -2.34. The van der Waals surface area contributed by atoms with Gasteiger partial charge >= 0.3 is 0 Å². The number of thiophene rings is 1. The maximum absolute atomic E-state index is 9.88. The van der Waals surface area contributed by atoms with Crippen LogP contribution in [0.1, 0.15) is 25.6 Å². The molecule has 3 nitrogen and oxygen atoms in total. The second kappa shape index (κ2) is 6.87. The van der Waals surface area contributed by atoms with E-state index in [0.29, 0.717) is 13.2 Å². The first-order valence-corrected chi connectivity index (χ1v) is 7.20. The summed E-state index contributed by atoms with van der Waals surface area (Å²) in [5.74, 6) is 0. The molecular weight excluding hydrogens is 270 g/mol. The number of ether oxygens (including phenoxy) is 1. The number of nitrogens with zero attached hydrogens (tertiary/aromatic N) is 1. The van der Waals surface area contributed by atoms with Crippen molar-refractivity contribution in [3.63, 3.8) is 0 Å². The van der Waals surface area contributed by atoms with E-state index in [-0.39, 0.29) is 5.60 Å². The fourth-order valence-corrected chi connectivity index (χ4v) is 2.69. The van der Waals surface area contributed by atoms with E-state index in [2.05, 4.69) is 4.90 Å². The van der Waals surface area contributed by atoms with Crippen LogP contribution in [-0.2, 0) is 11.3 Å². The highest BCUT2D eigenvalue weighted by Crippen LogP contribution is 2.22. The smallest absolute Gasteiger partial charge is 0.0931 e. The predicted molar refractivity (Wildman–Crippen MR) is 77.4 cm³/mol. The van der Waals surface area contributed by atoms with Crippen LogP contribution in [0.25, 0.3) is 0 Å². The molecule has 1 atom stereocenters. The van der Waals surface area contributed by atoms with Crippen molar-refractivity contribution in [2.75, 3.05) is 20.2 Å². The minimum Gasteiger partial charge on any atom is -0.389 e. The Labute approximate surface area is 118 Å². The zero-order valence-corrected chi connectivity index (χ0v) is 13.0. The Morgan fingerprint density at radius 1 is 1.44 bits per heavy atom. The van der Waals surface area contributed by atoms with E-state index in [4.69, 9.17) is 16.3 Å². The average molecular weight is 292 g/mol. The van der Waals surface area contributed by atoms with Gasteiger partial charge in [-0.05, 0) is 40.0 Å². The van der Waals surface area contributed by atoms with E-state index >= 15 is 0 Å². The van der Waals surface area contributed by atoms with Crippen molar-refractivity contribution in [3.8, 4) is 0 Å². The van der Waals surface area contributed by atoms with Gasteiger partial charge < -0.3 is 9.84 Å². The summed E-state index contributed by atoms with van der Waals surface area (Å²) in [4.78, 5) is 3.27. The van der Waals surface area contributed by atoms with Crippen LogP contribution >= 0.6 is 22.9 Å². The lowest BCUT2D eigenvalue weighted by molar-refractivity contribution is -0.0550. The van der Waals surface area contributed by atoms with Gasteiger partial charge in [-0.3, -0.25) is 4.90 Å². The van der Waals surface area contributed by atoms with Crippen molar-refractivity contribution in [3.05, 3.63) is 21.3 Å². The summed E-state index contributed by atoms with van der Waals surface area (Å²) in [7, 11) is 1.98. The summed E-state index contributed by atoms with van der Waals surface area (Å²) >= 11 is 7.45. The number of aliphatic hydroxyl groups is 1. The van der Waals surface area contributed by atoms with Gasteiger partial charge in [0, 0.05) is 18.0 Å². The molecule has 0 radical (unpaired) electrons. The quantitative estimate of drug-likeness (QED) is 0.874. The Kier molecular flexibility index (Phi) is 6.08. The molecule has 1 heterocycles. The van der Waals surface area contributed by atoms with Crippen LogP contribution in [0.2, 0.25) is 4.34 Å². The second-order valence-electron chi connectivity index (χ2n) is 5.48. The molecule has 1 aromatic rings. The highest BCUT2D eigenvalue weighted by molar-refractivity contribution is 7.16. The molecule has 0 aliphatic heterocycles. The zero-order valence-electron chi connectivity index (χ0n) is 11.4. The van der Waals surface area contributed by atoms with E-state index in [0.717, 1.165) is 10.9 Å². The van der Waals surface area contributed by atoms with Crippen LogP contribution < -0.4 is 0 Å². The molecule has 0 amide bonds. The summed E-state index contributed by atoms with van der Waals surface area (Å²) < 4.78 is 6.35. The number of hydrogen-bond acceptors (Lipinski definition) is 4. The Balaban J connectivity index is 2.29. The Morgan fingerprint density at radius 3 is 2.61 bits per heavy atom. The molecular formula is C13H22ClNO2S. The standard InChI is InChI=1S/C13H22ClNO2S/c1-13(2,3)17-9-10(16)7-15(4)8-11-5-6-12(14)18-11/h5-6,10,16H,7-9H2,1-4H3. The molecule has 0 aliphatic carbocycles. The molecule has 1 rings (SSSR count). The third kappa shape index (κ3) is 6.71. The molecule has 0 spiro atoms. The number of aliphatic hydroxyl groups excluding tert-OH is 1. The normalized spacial score (nSPS) is 14.2. The average Bonchev–Trinajstić information content (AvgIpc) is 2.59. The van der Waals surface area contributed by atoms with Crippen LogP contribution in [0, 0.1) is 0 Å². The van der Waals surface area contributed by atoms with Gasteiger partial charge in [0.05, 0.1) is 22.6 Å². The predicted octanol–water partition coefficient (Wildman–Crippen LogP) is 3.01. The molecule has 18 heavy (non-hydrogen) atoms. The van der Waals surface area contributed by atoms with Crippen molar-refractivity contribution in [1.29, 1.82) is 0 Å². The second-order valence-corrected chi connectivity index (χ2v) is 7.28. The molecule has 0 saturated carbocycles. The van der Waals surface area contributed by atoms with Crippen LogP contribution in [0.3, 0.4) is 0 Å². The molecule has 104 valence electrons. The summed E-state index contributed by atoms with van der Waals surface area (Å²) in [6.45, 7) is 7.69. The molecule has 0 bridgehead atoms. The van der Waals surface area contributed by atoms with E-state index in [1.54, 1.807) is 11.3 Å². The SMILES string of the molecule is CN(Cc1ccc(Cl)s1)CC(O)COC(C)(C)C. The summed E-state index contributed by atoms with van der Waals surface area (Å²) in [5, 5.41) is 9.88. The van der Waals surface area contributed by atoms with Gasteiger partial charge in [-0.2, -0.15) is 0 Å². The molecule has 1 N–H and O–H groups in total. The first-order chi connectivity index (χ1) is 8.26. The van der Waals surface area contributed by atoms with Crippen molar-refractivity contribution >= 4 is 22.9 Å². The van der Waals surface area contributed by atoms with Crippen molar-refractivity contribution < 1.29 is 9.84 Å². The van der Waals surface area contributed by atoms with Gasteiger partial charge in [-0.25, -0.2) is 0 Å². The number of likely N-dealkylation sites (N-methyl/N-ethyl adjacent to an activating group) is 1. The van der Waals surface area contributed by atoms with Gasteiger partial charge in [-0.15, -0.1) is 11.3 Å². The van der Waals surface area contributed by atoms with Gasteiger partial charge in [0.25, 0.3) is 0 Å². The van der Waals surface area contributed by atoms with Crippen molar-refractivity contribution in [1.82, 2.24) is 4.90 Å². The summed E-state index contributed by atoms with van der Waals surface area (Å²) in [6.07, 6.45) is -0.468. The van der Waals surface area contributed by atoms with E-state index < -0.39 is 6.10 Å². The highest BCUT2D eigenvalue weighted by atomic mass is 35.5. The first kappa shape index (κ1) is 15.9. The molecule has 0 aliphatic rings. The van der Waals surface area contributed by atoms with E-state index in [1.165, 1.54) is 4.88 Å². The van der Waals surface area contributed by atoms with Crippen LogP contribution in [0.15, 0.2) is 12.1 Å². The van der Waals surface area contributed by atoms with Crippen LogP contribution in [0.5, 0.6) is 0 Å². The van der Waals surface area contributed by atoms with Crippen molar-refractivity contribution in [2.45, 2.75) is 39.0 Å². The number of rotatable bonds is 6. The Bertz CT molecular complexity index is 362. The molecule has 0 aromatic carbocycles. The monoisotopic (exact) mass is 291 g/mol. The lowest BCUT2D eigenvalue weighted by Gasteiger charge is -2.24. The minimum atomic E-state index is -0.468. The zero-order chi connectivity index (χ0) is 13.8. The number of halogens is 1. The van der Waals surface area contributed by atoms with Gasteiger partial charge in [0.2, 0.25) is 0 Å². The molecule has 1 unspecified atom stereocenters. The van der Waals surface area contributed by atoms with E-state index in [9.17, 15) is 5.11 Å². The molecule has 0 saturated heterocycles. The van der Waals surface area contributed by atoms with Crippen molar-refractivity contribution in [2.24, 2.45) is 0 Å². The van der Waals surface area contributed by atoms with E-state index in [1.807, 2.05) is 40.0 Å². The van der Waals surface area contributed by atoms with Gasteiger partial charge in [0.1, 0.15) is 0 Å². The highest BCUT2D eigenvalue weighted by Gasteiger charge is 2.15. The minimum absolute atomic E-state index is 0.208. The van der Waals surface area contributed by atoms with Crippen LogP contribution in [0.4, 0.5) is 0 Å². The van der Waals surface area contributed by atoms with Gasteiger partial charge in [-0.1, -0.05) is 11.6 Å². The topological polar surface area (TPSA) is 32.7 Å². The third-order valence-corrected chi connectivity index (χ3v) is 3.50. The maximum atomic E-state index is 9.88. The van der Waals surface area contributed by atoms with Gasteiger partial charge in [0.15, 0.2) is 0 Å².